The van der Waals surface area contributed by atoms with Gasteiger partial charge in [0.25, 0.3) is 0 Å². The van der Waals surface area contributed by atoms with Crippen molar-refractivity contribution in [1.29, 1.82) is 0 Å². The highest BCUT2D eigenvalue weighted by Crippen LogP contribution is 2.25. The Balaban J connectivity index is 2.29. The molecule has 0 heterocycles. The van der Waals surface area contributed by atoms with Gasteiger partial charge in [0.15, 0.2) is 0 Å². The van der Waals surface area contributed by atoms with Crippen LogP contribution in [0.5, 0.6) is 0 Å². The number of hydrogen-bond acceptors (Lipinski definition) is 3. The minimum absolute atomic E-state index is 0.265. The monoisotopic (exact) mass is 239 g/mol. The van der Waals surface area contributed by atoms with Gasteiger partial charge in [-0.05, 0) is 49.3 Å². The SMILES string of the molecule is Cc1cc(N)ccc1SCCCCC(=O)O. The smallest absolute Gasteiger partial charge is 0.303 e. The number of rotatable bonds is 6. The van der Waals surface area contributed by atoms with Crippen molar-refractivity contribution in [2.45, 2.75) is 31.1 Å². The molecule has 0 aliphatic rings. The first-order valence-corrected chi connectivity index (χ1v) is 6.29. The molecule has 0 saturated carbocycles. The molecule has 0 bridgehead atoms. The van der Waals surface area contributed by atoms with Crippen molar-refractivity contribution < 1.29 is 9.90 Å². The summed E-state index contributed by atoms with van der Waals surface area (Å²) in [6.07, 6.45) is 1.94. The number of aryl methyl sites for hydroxylation is 1. The van der Waals surface area contributed by atoms with E-state index in [1.54, 1.807) is 11.8 Å². The number of anilines is 1. The Morgan fingerprint density at radius 3 is 2.81 bits per heavy atom. The summed E-state index contributed by atoms with van der Waals surface area (Å²) in [6, 6.07) is 5.87. The van der Waals surface area contributed by atoms with Gasteiger partial charge in [-0.1, -0.05) is 0 Å². The lowest BCUT2D eigenvalue weighted by atomic mass is 10.2. The number of aliphatic carboxylic acids is 1. The van der Waals surface area contributed by atoms with E-state index in [9.17, 15) is 4.79 Å². The number of thioether (sulfide) groups is 1. The van der Waals surface area contributed by atoms with Crippen LogP contribution in [0.25, 0.3) is 0 Å². The van der Waals surface area contributed by atoms with E-state index in [2.05, 4.69) is 0 Å². The molecular weight excluding hydrogens is 222 g/mol. The van der Waals surface area contributed by atoms with Crippen LogP contribution in [0.1, 0.15) is 24.8 Å². The minimum atomic E-state index is -0.714. The third-order valence-corrected chi connectivity index (χ3v) is 3.50. The van der Waals surface area contributed by atoms with Crippen molar-refractivity contribution in [3.63, 3.8) is 0 Å². The number of unbranched alkanes of at least 4 members (excludes halogenated alkanes) is 1. The zero-order valence-electron chi connectivity index (χ0n) is 9.40. The molecule has 0 atom stereocenters. The van der Waals surface area contributed by atoms with Crippen LogP contribution in [-0.4, -0.2) is 16.8 Å². The largest absolute Gasteiger partial charge is 0.481 e. The van der Waals surface area contributed by atoms with Gasteiger partial charge in [0, 0.05) is 17.0 Å². The Kier molecular flexibility index (Phi) is 5.19. The molecule has 0 fully saturated rings. The van der Waals surface area contributed by atoms with Gasteiger partial charge in [-0.15, -0.1) is 11.8 Å². The Morgan fingerprint density at radius 2 is 2.19 bits per heavy atom. The Morgan fingerprint density at radius 1 is 1.44 bits per heavy atom. The molecule has 1 rings (SSSR count). The molecule has 0 aliphatic heterocycles. The molecule has 3 nitrogen and oxygen atoms in total. The molecule has 0 radical (unpaired) electrons. The molecule has 0 saturated heterocycles. The average molecular weight is 239 g/mol. The second-order valence-corrected chi connectivity index (χ2v) is 4.86. The van der Waals surface area contributed by atoms with Gasteiger partial charge in [0.2, 0.25) is 0 Å². The number of carboxylic acids is 1. The molecule has 0 aliphatic carbocycles. The number of nitrogen functional groups attached to an aromatic ring is 1. The fourth-order valence-electron chi connectivity index (χ4n) is 1.39. The van der Waals surface area contributed by atoms with Crippen LogP contribution in [0.15, 0.2) is 23.1 Å². The molecule has 0 spiro atoms. The maximum absolute atomic E-state index is 10.3. The first-order chi connectivity index (χ1) is 7.59. The number of nitrogens with two attached hydrogens (primary N) is 1. The van der Waals surface area contributed by atoms with E-state index < -0.39 is 5.97 Å². The van der Waals surface area contributed by atoms with E-state index in [0.29, 0.717) is 0 Å². The lowest BCUT2D eigenvalue weighted by Crippen LogP contribution is -1.94. The molecule has 1 aromatic carbocycles. The second-order valence-electron chi connectivity index (χ2n) is 3.72. The summed E-state index contributed by atoms with van der Waals surface area (Å²) in [5.74, 6) is 0.242. The summed E-state index contributed by atoms with van der Waals surface area (Å²) in [5.41, 5.74) is 7.63. The van der Waals surface area contributed by atoms with Gasteiger partial charge in [-0.2, -0.15) is 0 Å². The highest BCUT2D eigenvalue weighted by Gasteiger charge is 2.00. The van der Waals surface area contributed by atoms with Gasteiger partial charge < -0.3 is 10.8 Å². The van der Waals surface area contributed by atoms with Crippen molar-refractivity contribution in [2.24, 2.45) is 0 Å². The maximum Gasteiger partial charge on any atom is 0.303 e. The van der Waals surface area contributed by atoms with Crippen molar-refractivity contribution in [2.75, 3.05) is 11.5 Å². The minimum Gasteiger partial charge on any atom is -0.481 e. The van der Waals surface area contributed by atoms with Gasteiger partial charge in [0.05, 0.1) is 0 Å². The second kappa shape index (κ2) is 6.43. The third-order valence-electron chi connectivity index (χ3n) is 2.24. The zero-order chi connectivity index (χ0) is 12.0. The van der Waals surface area contributed by atoms with Gasteiger partial charge in [0.1, 0.15) is 0 Å². The lowest BCUT2D eigenvalue weighted by molar-refractivity contribution is -0.137. The molecule has 0 aromatic heterocycles. The quantitative estimate of drug-likeness (QED) is 0.455. The zero-order valence-corrected chi connectivity index (χ0v) is 10.2. The molecular formula is C12H17NO2S. The summed E-state index contributed by atoms with van der Waals surface area (Å²) in [7, 11) is 0. The summed E-state index contributed by atoms with van der Waals surface area (Å²) in [6.45, 7) is 2.04. The van der Waals surface area contributed by atoms with E-state index in [-0.39, 0.29) is 6.42 Å². The summed E-state index contributed by atoms with van der Waals surface area (Å²) < 4.78 is 0. The predicted octanol–water partition coefficient (Wildman–Crippen LogP) is 2.92. The molecule has 1 aromatic rings. The van der Waals surface area contributed by atoms with Gasteiger partial charge in [-0.3, -0.25) is 4.79 Å². The fraction of sp³-hybridized carbons (Fsp3) is 0.417. The van der Waals surface area contributed by atoms with Crippen LogP contribution in [0.3, 0.4) is 0 Å². The van der Waals surface area contributed by atoms with Gasteiger partial charge >= 0.3 is 5.97 Å². The van der Waals surface area contributed by atoms with Crippen molar-refractivity contribution in [3.05, 3.63) is 23.8 Å². The number of hydrogen-bond donors (Lipinski definition) is 2. The van der Waals surface area contributed by atoms with Gasteiger partial charge in [-0.25, -0.2) is 0 Å². The van der Waals surface area contributed by atoms with E-state index in [1.165, 1.54) is 10.5 Å². The molecule has 0 amide bonds. The predicted molar refractivity (Wildman–Crippen MR) is 67.8 cm³/mol. The van der Waals surface area contributed by atoms with E-state index in [0.717, 1.165) is 24.3 Å². The third kappa shape index (κ3) is 4.57. The fourth-order valence-corrected chi connectivity index (χ4v) is 2.41. The summed E-state index contributed by atoms with van der Waals surface area (Å²) >= 11 is 1.76. The van der Waals surface area contributed by atoms with Crippen LogP contribution in [0, 0.1) is 6.92 Å². The number of carboxylic acid groups (broad SMARTS) is 1. The number of carbonyl (C=O) groups is 1. The van der Waals surface area contributed by atoms with Crippen molar-refractivity contribution in [3.8, 4) is 0 Å². The van der Waals surface area contributed by atoms with E-state index in [4.69, 9.17) is 10.8 Å². The maximum atomic E-state index is 10.3. The normalized spacial score (nSPS) is 10.3. The van der Waals surface area contributed by atoms with Crippen LogP contribution in [0.2, 0.25) is 0 Å². The molecule has 88 valence electrons. The highest BCUT2D eigenvalue weighted by atomic mass is 32.2. The average Bonchev–Trinajstić information content (AvgIpc) is 2.20. The lowest BCUT2D eigenvalue weighted by Gasteiger charge is -2.05. The topological polar surface area (TPSA) is 63.3 Å². The summed E-state index contributed by atoms with van der Waals surface area (Å²) in [5, 5.41) is 8.48. The molecule has 0 unspecified atom stereocenters. The molecule has 16 heavy (non-hydrogen) atoms. The van der Waals surface area contributed by atoms with Crippen molar-refractivity contribution in [1.82, 2.24) is 0 Å². The number of benzene rings is 1. The van der Waals surface area contributed by atoms with Crippen LogP contribution < -0.4 is 5.73 Å². The Hall–Kier alpha value is -1.16. The molecule has 3 N–H and O–H groups in total. The Labute approximate surface area is 100 Å². The first-order valence-electron chi connectivity index (χ1n) is 5.30. The van der Waals surface area contributed by atoms with Crippen LogP contribution in [-0.2, 0) is 4.79 Å². The van der Waals surface area contributed by atoms with Crippen LogP contribution in [0.4, 0.5) is 5.69 Å². The molecule has 4 heteroatoms. The highest BCUT2D eigenvalue weighted by molar-refractivity contribution is 7.99. The van der Waals surface area contributed by atoms with E-state index in [1.807, 2.05) is 25.1 Å². The standard InChI is InChI=1S/C12H17NO2S/c1-9-8-10(13)5-6-11(9)16-7-3-2-4-12(14)15/h5-6,8H,2-4,7,13H2,1H3,(H,14,15). The van der Waals surface area contributed by atoms with Crippen LogP contribution >= 0.6 is 11.8 Å². The summed E-state index contributed by atoms with van der Waals surface area (Å²) in [4.78, 5) is 11.5. The van der Waals surface area contributed by atoms with Crippen molar-refractivity contribution >= 4 is 23.4 Å². The first kappa shape index (κ1) is 12.9. The Bertz CT molecular complexity index is 366. The van der Waals surface area contributed by atoms with E-state index >= 15 is 0 Å².